The second kappa shape index (κ2) is 11.6. The lowest BCUT2D eigenvalue weighted by atomic mass is 9.89. The summed E-state index contributed by atoms with van der Waals surface area (Å²) in [6.45, 7) is 6.95. The van der Waals surface area contributed by atoms with Gasteiger partial charge in [-0.3, -0.25) is 4.90 Å². The van der Waals surface area contributed by atoms with Crippen molar-refractivity contribution in [3.05, 3.63) is 95.1 Å². The topological polar surface area (TPSA) is 77.2 Å². The Morgan fingerprint density at radius 3 is 2.31 bits per heavy atom. The van der Waals surface area contributed by atoms with Gasteiger partial charge in [-0.2, -0.15) is 0 Å². The minimum absolute atomic E-state index is 0.00796. The highest BCUT2D eigenvalue weighted by molar-refractivity contribution is 5.65. The molecule has 0 radical (unpaired) electrons. The standard InChI is InChI=1S/C30H36N2O4/c1-21-28(19-32-12-14-34-15-13-32)35-30(36-29(21)24-10-8-22(20-33)9-11-24)27-7-3-6-26(17-27)25-5-2-4-23(16-25)18-31/h2-11,16-17,21,28-30,33H,12-15,18-20,31H2,1H3/t21-,28+,29+,30+/m1/s1. The van der Waals surface area contributed by atoms with Crippen molar-refractivity contribution in [1.29, 1.82) is 0 Å². The molecule has 0 amide bonds. The lowest BCUT2D eigenvalue weighted by Gasteiger charge is -2.43. The van der Waals surface area contributed by atoms with Gasteiger partial charge in [0.15, 0.2) is 6.29 Å². The Bertz CT molecular complexity index is 1130. The van der Waals surface area contributed by atoms with E-state index in [1.165, 1.54) is 0 Å². The molecule has 0 aliphatic carbocycles. The highest BCUT2D eigenvalue weighted by atomic mass is 16.7. The number of aliphatic hydroxyl groups excluding tert-OH is 1. The summed E-state index contributed by atoms with van der Waals surface area (Å²) in [4.78, 5) is 2.42. The van der Waals surface area contributed by atoms with Crippen LogP contribution in [0.15, 0.2) is 72.8 Å². The average molecular weight is 489 g/mol. The number of aliphatic hydroxyl groups is 1. The highest BCUT2D eigenvalue weighted by Gasteiger charge is 2.39. The van der Waals surface area contributed by atoms with Crippen molar-refractivity contribution in [1.82, 2.24) is 4.90 Å². The first-order chi connectivity index (χ1) is 17.6. The lowest BCUT2D eigenvalue weighted by Crippen LogP contribution is -2.47. The van der Waals surface area contributed by atoms with Crippen LogP contribution in [0.2, 0.25) is 0 Å². The van der Waals surface area contributed by atoms with Gasteiger partial charge in [-0.15, -0.1) is 0 Å². The first-order valence-electron chi connectivity index (χ1n) is 12.8. The van der Waals surface area contributed by atoms with Crippen LogP contribution in [0, 0.1) is 5.92 Å². The van der Waals surface area contributed by atoms with E-state index in [0.717, 1.165) is 66.2 Å². The van der Waals surface area contributed by atoms with E-state index in [1.807, 2.05) is 24.3 Å². The van der Waals surface area contributed by atoms with Crippen molar-refractivity contribution < 1.29 is 19.3 Å². The molecule has 3 aromatic carbocycles. The van der Waals surface area contributed by atoms with E-state index < -0.39 is 6.29 Å². The largest absolute Gasteiger partial charge is 0.392 e. The van der Waals surface area contributed by atoms with E-state index in [0.29, 0.717) is 6.54 Å². The third kappa shape index (κ3) is 5.70. The van der Waals surface area contributed by atoms with Crippen LogP contribution in [0.3, 0.4) is 0 Å². The van der Waals surface area contributed by atoms with Gasteiger partial charge in [0.05, 0.1) is 32.0 Å². The smallest absolute Gasteiger partial charge is 0.184 e. The molecule has 6 nitrogen and oxygen atoms in total. The molecule has 2 heterocycles. The van der Waals surface area contributed by atoms with E-state index in [9.17, 15) is 5.11 Å². The fraction of sp³-hybridized carbons (Fsp3) is 0.400. The average Bonchev–Trinajstić information content (AvgIpc) is 2.95. The molecular weight excluding hydrogens is 452 g/mol. The van der Waals surface area contributed by atoms with Crippen molar-refractivity contribution in [3.8, 4) is 11.1 Å². The van der Waals surface area contributed by atoms with Crippen LogP contribution in [0.25, 0.3) is 11.1 Å². The van der Waals surface area contributed by atoms with Crippen LogP contribution >= 0.6 is 0 Å². The van der Waals surface area contributed by atoms with Crippen LogP contribution in [0.4, 0.5) is 0 Å². The Morgan fingerprint density at radius 2 is 1.58 bits per heavy atom. The van der Waals surface area contributed by atoms with Crippen molar-refractivity contribution >= 4 is 0 Å². The molecule has 2 saturated heterocycles. The van der Waals surface area contributed by atoms with Gasteiger partial charge in [-0.1, -0.05) is 67.6 Å². The second-order valence-electron chi connectivity index (χ2n) is 9.76. The number of hydrogen-bond acceptors (Lipinski definition) is 6. The maximum Gasteiger partial charge on any atom is 0.184 e. The van der Waals surface area contributed by atoms with E-state index >= 15 is 0 Å². The van der Waals surface area contributed by atoms with Gasteiger partial charge in [0.1, 0.15) is 0 Å². The van der Waals surface area contributed by atoms with E-state index in [-0.39, 0.29) is 24.7 Å². The third-order valence-electron chi connectivity index (χ3n) is 7.32. The summed E-state index contributed by atoms with van der Waals surface area (Å²) in [5, 5.41) is 9.48. The predicted octanol–water partition coefficient (Wildman–Crippen LogP) is 4.43. The zero-order valence-electron chi connectivity index (χ0n) is 20.9. The zero-order valence-corrected chi connectivity index (χ0v) is 20.9. The third-order valence-corrected chi connectivity index (χ3v) is 7.32. The Kier molecular flexibility index (Phi) is 8.12. The summed E-state index contributed by atoms with van der Waals surface area (Å²) in [5.74, 6) is 0.161. The normalized spacial score (nSPS) is 25.1. The fourth-order valence-corrected chi connectivity index (χ4v) is 5.11. The number of benzene rings is 3. The Morgan fingerprint density at radius 1 is 0.861 bits per heavy atom. The van der Waals surface area contributed by atoms with Crippen molar-refractivity contribution in [2.45, 2.75) is 38.6 Å². The molecule has 2 aliphatic rings. The maximum atomic E-state index is 9.48. The van der Waals surface area contributed by atoms with Crippen LogP contribution in [-0.2, 0) is 27.4 Å². The van der Waals surface area contributed by atoms with Crippen LogP contribution in [0.1, 0.15) is 41.6 Å². The number of hydrogen-bond donors (Lipinski definition) is 2. The molecular formula is C30H36N2O4. The molecule has 0 saturated carbocycles. The Labute approximate surface area is 213 Å². The van der Waals surface area contributed by atoms with Gasteiger partial charge in [-0.25, -0.2) is 0 Å². The van der Waals surface area contributed by atoms with Gasteiger partial charge < -0.3 is 25.1 Å². The van der Waals surface area contributed by atoms with E-state index in [2.05, 4.69) is 60.4 Å². The van der Waals surface area contributed by atoms with Gasteiger partial charge in [0, 0.05) is 37.7 Å². The lowest BCUT2D eigenvalue weighted by molar-refractivity contribution is -0.277. The van der Waals surface area contributed by atoms with Gasteiger partial charge in [0.2, 0.25) is 0 Å². The quantitative estimate of drug-likeness (QED) is 0.513. The monoisotopic (exact) mass is 488 g/mol. The van der Waals surface area contributed by atoms with Crippen molar-refractivity contribution in [2.24, 2.45) is 11.7 Å². The molecule has 0 bridgehead atoms. The molecule has 0 unspecified atom stereocenters. The summed E-state index contributed by atoms with van der Waals surface area (Å²) in [7, 11) is 0. The highest BCUT2D eigenvalue weighted by Crippen LogP contribution is 2.42. The van der Waals surface area contributed by atoms with Crippen LogP contribution in [0.5, 0.6) is 0 Å². The Balaban J connectivity index is 1.44. The number of morpholine rings is 1. The molecule has 4 atom stereocenters. The van der Waals surface area contributed by atoms with Crippen LogP contribution < -0.4 is 5.73 Å². The number of nitrogens with zero attached hydrogens (tertiary/aromatic N) is 1. The molecule has 2 aliphatic heterocycles. The predicted molar refractivity (Wildman–Crippen MR) is 140 cm³/mol. The van der Waals surface area contributed by atoms with Gasteiger partial charge in [-0.05, 0) is 39.9 Å². The molecule has 190 valence electrons. The molecule has 2 fully saturated rings. The molecule has 5 rings (SSSR count). The minimum Gasteiger partial charge on any atom is -0.392 e. The summed E-state index contributed by atoms with van der Waals surface area (Å²) in [6.07, 6.45) is -0.590. The molecule has 3 N–H and O–H groups in total. The zero-order chi connectivity index (χ0) is 24.9. The van der Waals surface area contributed by atoms with E-state index in [1.54, 1.807) is 0 Å². The number of nitrogens with two attached hydrogens (primary N) is 1. The first-order valence-corrected chi connectivity index (χ1v) is 12.8. The summed E-state index contributed by atoms with van der Waals surface area (Å²) in [5.41, 5.74) is 12.2. The second-order valence-corrected chi connectivity index (χ2v) is 9.76. The summed E-state index contributed by atoms with van der Waals surface area (Å²) in [6, 6.07) is 24.8. The van der Waals surface area contributed by atoms with Gasteiger partial charge in [0.25, 0.3) is 0 Å². The van der Waals surface area contributed by atoms with E-state index in [4.69, 9.17) is 19.9 Å². The number of ether oxygens (including phenoxy) is 3. The fourth-order valence-electron chi connectivity index (χ4n) is 5.11. The summed E-state index contributed by atoms with van der Waals surface area (Å²) >= 11 is 0. The maximum absolute atomic E-state index is 9.48. The van der Waals surface area contributed by atoms with Crippen molar-refractivity contribution in [3.63, 3.8) is 0 Å². The molecule has 6 heteroatoms. The first kappa shape index (κ1) is 25.1. The SMILES string of the molecule is C[C@@H]1[C@H](CN2CCOCC2)O[C@H](c2cccc(-c3cccc(CN)c3)c2)O[C@@H]1c1ccc(CO)cc1. The Hall–Kier alpha value is -2.58. The van der Waals surface area contributed by atoms with Gasteiger partial charge >= 0.3 is 0 Å². The van der Waals surface area contributed by atoms with Crippen LogP contribution in [-0.4, -0.2) is 49.0 Å². The molecule has 0 spiro atoms. The molecule has 36 heavy (non-hydrogen) atoms. The van der Waals surface area contributed by atoms with Crippen molar-refractivity contribution in [2.75, 3.05) is 32.8 Å². The molecule has 0 aromatic heterocycles. The molecule has 3 aromatic rings. The number of rotatable bonds is 7. The minimum atomic E-state index is -0.479. The summed E-state index contributed by atoms with van der Waals surface area (Å²) < 4.78 is 18.9.